The summed E-state index contributed by atoms with van der Waals surface area (Å²) in [6.45, 7) is 2.01. The molecule has 0 atom stereocenters. The maximum absolute atomic E-state index is 13.7. The van der Waals surface area contributed by atoms with Crippen molar-refractivity contribution in [3.8, 4) is 0 Å². The van der Waals surface area contributed by atoms with Gasteiger partial charge in [-0.15, -0.1) is 11.3 Å². The fourth-order valence-electron chi connectivity index (χ4n) is 1.96. The van der Waals surface area contributed by atoms with Crippen LogP contribution in [-0.2, 0) is 0 Å². The Bertz CT molecular complexity index is 652. The molecule has 0 nitrogen and oxygen atoms in total. The van der Waals surface area contributed by atoms with E-state index in [2.05, 4.69) is 6.07 Å². The summed E-state index contributed by atoms with van der Waals surface area (Å²) in [5, 5.41) is 3.15. The summed E-state index contributed by atoms with van der Waals surface area (Å²) in [7, 11) is 0. The molecule has 0 unspecified atom stereocenters. The second-order valence-electron chi connectivity index (χ2n) is 3.68. The Morgan fingerprint density at radius 2 is 1.87 bits per heavy atom. The van der Waals surface area contributed by atoms with E-state index in [-0.39, 0.29) is 5.82 Å². The van der Waals surface area contributed by atoms with Crippen LogP contribution in [0.5, 0.6) is 0 Å². The van der Waals surface area contributed by atoms with Gasteiger partial charge in [0, 0.05) is 10.3 Å². The van der Waals surface area contributed by atoms with Crippen LogP contribution in [0.3, 0.4) is 0 Å². The van der Waals surface area contributed by atoms with Crippen LogP contribution in [0, 0.1) is 12.7 Å². The van der Waals surface area contributed by atoms with E-state index in [0.29, 0.717) is 0 Å². The fraction of sp³-hybridized carbons (Fsp3) is 0.0769. The van der Waals surface area contributed by atoms with Gasteiger partial charge in [-0.05, 0) is 29.8 Å². The Hall–Kier alpha value is -1.41. The third-order valence-corrected chi connectivity index (χ3v) is 3.66. The van der Waals surface area contributed by atoms with E-state index in [1.54, 1.807) is 6.07 Å². The molecule has 3 aromatic rings. The number of halogens is 1. The van der Waals surface area contributed by atoms with Crippen molar-refractivity contribution in [2.24, 2.45) is 0 Å². The lowest BCUT2D eigenvalue weighted by atomic mass is 10.1. The monoisotopic (exact) mass is 216 g/mol. The minimum atomic E-state index is -0.109. The van der Waals surface area contributed by atoms with Crippen LogP contribution in [0.25, 0.3) is 20.9 Å². The predicted molar refractivity (Wildman–Crippen MR) is 64.0 cm³/mol. The van der Waals surface area contributed by atoms with Crippen molar-refractivity contribution < 1.29 is 4.39 Å². The van der Waals surface area contributed by atoms with E-state index < -0.39 is 0 Å². The molecule has 0 fully saturated rings. The molecule has 0 radical (unpaired) electrons. The second-order valence-corrected chi connectivity index (χ2v) is 4.94. The van der Waals surface area contributed by atoms with Crippen LogP contribution in [0.1, 0.15) is 4.88 Å². The van der Waals surface area contributed by atoms with Crippen molar-refractivity contribution in [2.75, 3.05) is 0 Å². The van der Waals surface area contributed by atoms with Crippen molar-refractivity contribution in [2.45, 2.75) is 6.92 Å². The normalized spacial score (nSPS) is 11.3. The SMILES string of the molecule is Cc1cc2c(s1)c(F)cc1ccccc12. The van der Waals surface area contributed by atoms with E-state index in [4.69, 9.17) is 0 Å². The Labute approximate surface area is 91.0 Å². The van der Waals surface area contributed by atoms with Gasteiger partial charge in [0.25, 0.3) is 0 Å². The molecule has 0 saturated heterocycles. The molecule has 74 valence electrons. The Morgan fingerprint density at radius 3 is 2.73 bits per heavy atom. The minimum Gasteiger partial charge on any atom is -0.205 e. The molecule has 3 rings (SSSR count). The van der Waals surface area contributed by atoms with Gasteiger partial charge in [0.15, 0.2) is 0 Å². The molecule has 1 heterocycles. The van der Waals surface area contributed by atoms with Crippen molar-refractivity contribution in [1.29, 1.82) is 0 Å². The van der Waals surface area contributed by atoms with Crippen LogP contribution < -0.4 is 0 Å². The van der Waals surface area contributed by atoms with Gasteiger partial charge >= 0.3 is 0 Å². The fourth-order valence-corrected chi connectivity index (χ4v) is 2.90. The van der Waals surface area contributed by atoms with Gasteiger partial charge < -0.3 is 0 Å². The number of hydrogen-bond acceptors (Lipinski definition) is 1. The predicted octanol–water partition coefficient (Wildman–Crippen LogP) is 4.50. The zero-order chi connectivity index (χ0) is 10.4. The Morgan fingerprint density at radius 1 is 1.07 bits per heavy atom. The van der Waals surface area contributed by atoms with E-state index in [0.717, 1.165) is 25.7 Å². The molecule has 0 N–H and O–H groups in total. The standard InChI is InChI=1S/C13H9FS/c1-8-6-11-10-5-3-2-4-9(10)7-12(14)13(11)15-8/h2-7H,1H3. The molecule has 1 aromatic heterocycles. The van der Waals surface area contributed by atoms with Gasteiger partial charge in [0.05, 0.1) is 4.70 Å². The molecule has 2 heteroatoms. The summed E-state index contributed by atoms with van der Waals surface area (Å²) < 4.78 is 14.5. The zero-order valence-electron chi connectivity index (χ0n) is 8.25. The lowest BCUT2D eigenvalue weighted by Gasteiger charge is -1.99. The number of aryl methyl sites for hydroxylation is 1. The zero-order valence-corrected chi connectivity index (χ0v) is 9.07. The molecular weight excluding hydrogens is 207 g/mol. The van der Waals surface area contributed by atoms with Gasteiger partial charge in [0.1, 0.15) is 5.82 Å². The highest BCUT2D eigenvalue weighted by molar-refractivity contribution is 7.19. The molecule has 0 aliphatic carbocycles. The first-order valence-corrected chi connectivity index (χ1v) is 5.65. The minimum absolute atomic E-state index is 0.109. The van der Waals surface area contributed by atoms with Crippen LogP contribution in [0.4, 0.5) is 4.39 Å². The number of benzene rings is 2. The van der Waals surface area contributed by atoms with Gasteiger partial charge in [-0.1, -0.05) is 24.3 Å². The summed E-state index contributed by atoms with van der Waals surface area (Å²) in [5.74, 6) is -0.109. The number of hydrogen-bond donors (Lipinski definition) is 0. The molecule has 0 saturated carbocycles. The van der Waals surface area contributed by atoms with E-state index in [1.165, 1.54) is 11.3 Å². The third-order valence-electron chi connectivity index (χ3n) is 2.61. The smallest absolute Gasteiger partial charge is 0.141 e. The molecule has 15 heavy (non-hydrogen) atoms. The maximum Gasteiger partial charge on any atom is 0.141 e. The van der Waals surface area contributed by atoms with Crippen molar-refractivity contribution >= 4 is 32.2 Å². The highest BCUT2D eigenvalue weighted by Gasteiger charge is 2.08. The van der Waals surface area contributed by atoms with Crippen LogP contribution >= 0.6 is 11.3 Å². The lowest BCUT2D eigenvalue weighted by Crippen LogP contribution is -1.77. The number of fused-ring (bicyclic) bond motifs is 3. The molecule has 2 aromatic carbocycles. The quantitative estimate of drug-likeness (QED) is 0.519. The topological polar surface area (TPSA) is 0 Å². The van der Waals surface area contributed by atoms with E-state index in [9.17, 15) is 4.39 Å². The summed E-state index contributed by atoms with van der Waals surface area (Å²) in [4.78, 5) is 1.15. The first-order chi connectivity index (χ1) is 7.25. The number of rotatable bonds is 0. The van der Waals surface area contributed by atoms with Gasteiger partial charge in [0.2, 0.25) is 0 Å². The van der Waals surface area contributed by atoms with Gasteiger partial charge in [-0.3, -0.25) is 0 Å². The maximum atomic E-state index is 13.7. The molecule has 0 aliphatic rings. The molecular formula is C13H9FS. The Balaban J connectivity index is 2.63. The molecule has 0 spiro atoms. The van der Waals surface area contributed by atoms with E-state index >= 15 is 0 Å². The largest absolute Gasteiger partial charge is 0.205 e. The van der Waals surface area contributed by atoms with Crippen molar-refractivity contribution in [3.63, 3.8) is 0 Å². The van der Waals surface area contributed by atoms with E-state index in [1.807, 2.05) is 31.2 Å². The van der Waals surface area contributed by atoms with Gasteiger partial charge in [-0.2, -0.15) is 0 Å². The summed E-state index contributed by atoms with van der Waals surface area (Å²) in [5.41, 5.74) is 0. The average Bonchev–Trinajstić information content (AvgIpc) is 2.61. The molecule has 0 amide bonds. The van der Waals surface area contributed by atoms with Crippen molar-refractivity contribution in [1.82, 2.24) is 0 Å². The molecule has 0 aliphatic heterocycles. The second kappa shape index (κ2) is 3.04. The highest BCUT2D eigenvalue weighted by atomic mass is 32.1. The van der Waals surface area contributed by atoms with Gasteiger partial charge in [-0.25, -0.2) is 4.39 Å². The molecule has 0 bridgehead atoms. The third kappa shape index (κ3) is 1.25. The van der Waals surface area contributed by atoms with Crippen LogP contribution in [-0.4, -0.2) is 0 Å². The number of thiophene rings is 1. The Kier molecular flexibility index (Phi) is 1.80. The van der Waals surface area contributed by atoms with Crippen LogP contribution in [0.2, 0.25) is 0 Å². The van der Waals surface area contributed by atoms with Crippen molar-refractivity contribution in [3.05, 3.63) is 47.1 Å². The lowest BCUT2D eigenvalue weighted by molar-refractivity contribution is 0.643. The summed E-state index contributed by atoms with van der Waals surface area (Å²) in [6, 6.07) is 11.6. The first-order valence-electron chi connectivity index (χ1n) is 4.83. The van der Waals surface area contributed by atoms with Crippen LogP contribution in [0.15, 0.2) is 36.4 Å². The average molecular weight is 216 g/mol. The summed E-state index contributed by atoms with van der Waals surface area (Å²) in [6.07, 6.45) is 0. The summed E-state index contributed by atoms with van der Waals surface area (Å²) >= 11 is 1.52. The highest BCUT2D eigenvalue weighted by Crippen LogP contribution is 2.33. The first kappa shape index (κ1) is 8.86.